The van der Waals surface area contributed by atoms with E-state index in [0.29, 0.717) is 10.2 Å². The van der Waals surface area contributed by atoms with Crippen LogP contribution in [0.15, 0.2) is 16.7 Å². The fourth-order valence-corrected chi connectivity index (χ4v) is 1.80. The molecule has 1 unspecified atom stereocenters. The summed E-state index contributed by atoms with van der Waals surface area (Å²) in [6.07, 6.45) is 1.52. The third-order valence-corrected chi connectivity index (χ3v) is 2.90. The first kappa shape index (κ1) is 12.8. The minimum atomic E-state index is -1.69. The van der Waals surface area contributed by atoms with Crippen LogP contribution in [-0.2, 0) is 14.3 Å². The number of nitrogens with one attached hydrogen (secondary N) is 1. The molecule has 1 aromatic heterocycles. The fourth-order valence-electron chi connectivity index (χ4n) is 1.49. The highest BCUT2D eigenvalue weighted by molar-refractivity contribution is 9.10. The number of amides is 1. The van der Waals surface area contributed by atoms with E-state index in [1.807, 2.05) is 0 Å². The van der Waals surface area contributed by atoms with E-state index in [9.17, 15) is 9.59 Å². The Morgan fingerprint density at radius 1 is 1.67 bits per heavy atom. The number of carbonyl (C=O) groups is 2. The van der Waals surface area contributed by atoms with Crippen molar-refractivity contribution in [2.45, 2.75) is 19.4 Å². The van der Waals surface area contributed by atoms with Gasteiger partial charge >= 0.3 is 5.97 Å². The Morgan fingerprint density at radius 3 is 3.06 bits per heavy atom. The van der Waals surface area contributed by atoms with Gasteiger partial charge in [-0.25, -0.2) is 9.78 Å². The SMILES string of the molecule is CCOC(=O)C1(C)Oc2cc(Br)cnc2NC1=O. The van der Waals surface area contributed by atoms with Crippen molar-refractivity contribution in [1.82, 2.24) is 4.98 Å². The molecule has 1 amide bonds. The molecule has 0 bridgehead atoms. The van der Waals surface area contributed by atoms with Crippen molar-refractivity contribution >= 4 is 33.6 Å². The minimum Gasteiger partial charge on any atom is -0.463 e. The first-order valence-corrected chi connectivity index (χ1v) is 6.10. The Labute approximate surface area is 112 Å². The van der Waals surface area contributed by atoms with Crippen LogP contribution in [0, 0.1) is 0 Å². The van der Waals surface area contributed by atoms with Crippen LogP contribution >= 0.6 is 15.9 Å². The number of anilines is 1. The molecule has 6 nitrogen and oxygen atoms in total. The number of esters is 1. The molecule has 18 heavy (non-hydrogen) atoms. The van der Waals surface area contributed by atoms with Gasteiger partial charge in [0.25, 0.3) is 11.5 Å². The lowest BCUT2D eigenvalue weighted by Gasteiger charge is -2.31. The smallest absolute Gasteiger partial charge is 0.360 e. The highest BCUT2D eigenvalue weighted by Crippen LogP contribution is 2.34. The fraction of sp³-hybridized carbons (Fsp3) is 0.364. The number of aromatic nitrogens is 1. The second-order valence-corrected chi connectivity index (χ2v) is 4.73. The maximum Gasteiger partial charge on any atom is 0.360 e. The number of rotatable bonds is 2. The van der Waals surface area contributed by atoms with Crippen LogP contribution in [0.1, 0.15) is 13.8 Å². The van der Waals surface area contributed by atoms with Crippen LogP contribution in [-0.4, -0.2) is 29.1 Å². The van der Waals surface area contributed by atoms with Crippen LogP contribution < -0.4 is 10.1 Å². The van der Waals surface area contributed by atoms with Gasteiger partial charge in [0.15, 0.2) is 11.6 Å². The summed E-state index contributed by atoms with van der Waals surface area (Å²) in [4.78, 5) is 27.7. The van der Waals surface area contributed by atoms with Gasteiger partial charge in [0.05, 0.1) is 6.61 Å². The van der Waals surface area contributed by atoms with Crippen LogP contribution in [0.5, 0.6) is 5.75 Å². The molecule has 0 aliphatic carbocycles. The van der Waals surface area contributed by atoms with Gasteiger partial charge in [0, 0.05) is 10.7 Å². The van der Waals surface area contributed by atoms with Crippen molar-refractivity contribution in [3.8, 4) is 5.75 Å². The molecule has 1 aromatic rings. The number of pyridine rings is 1. The van der Waals surface area contributed by atoms with Gasteiger partial charge in [-0.2, -0.15) is 0 Å². The predicted octanol–water partition coefficient (Wildman–Crippen LogP) is 1.50. The summed E-state index contributed by atoms with van der Waals surface area (Å²) in [5.41, 5.74) is -1.69. The topological polar surface area (TPSA) is 77.5 Å². The van der Waals surface area contributed by atoms with Crippen LogP contribution in [0.25, 0.3) is 0 Å². The standard InChI is InChI=1S/C11H11BrN2O4/c1-3-17-10(16)11(2)9(15)14-8-7(18-11)4-6(12)5-13-8/h4-5H,3H2,1-2H3,(H,13,14,15). The zero-order chi connectivity index (χ0) is 13.3. The zero-order valence-corrected chi connectivity index (χ0v) is 11.4. The van der Waals surface area contributed by atoms with Crippen LogP contribution in [0.2, 0.25) is 0 Å². The molecule has 2 rings (SSSR count). The van der Waals surface area contributed by atoms with Crippen LogP contribution in [0.4, 0.5) is 5.82 Å². The number of halogens is 1. The summed E-state index contributed by atoms with van der Waals surface area (Å²) in [6.45, 7) is 3.20. The number of hydrogen-bond acceptors (Lipinski definition) is 5. The number of hydrogen-bond donors (Lipinski definition) is 1. The molecule has 7 heteroatoms. The van der Waals surface area contributed by atoms with Gasteiger partial charge in [0.2, 0.25) is 0 Å². The summed E-state index contributed by atoms with van der Waals surface area (Å²) in [6, 6.07) is 1.62. The average Bonchev–Trinajstić information content (AvgIpc) is 2.31. The number of carbonyl (C=O) groups excluding carboxylic acids is 2. The molecule has 1 atom stereocenters. The molecule has 0 spiro atoms. The molecule has 1 N–H and O–H groups in total. The van der Waals surface area contributed by atoms with E-state index in [-0.39, 0.29) is 12.4 Å². The molecule has 2 heterocycles. The third kappa shape index (κ3) is 2.05. The number of fused-ring (bicyclic) bond motifs is 1. The Balaban J connectivity index is 2.37. The Hall–Kier alpha value is -1.63. The third-order valence-electron chi connectivity index (χ3n) is 2.46. The van der Waals surface area contributed by atoms with Gasteiger partial charge in [-0.15, -0.1) is 0 Å². The molecule has 1 aliphatic rings. The first-order chi connectivity index (χ1) is 8.47. The summed E-state index contributed by atoms with van der Waals surface area (Å²) >= 11 is 3.24. The largest absolute Gasteiger partial charge is 0.463 e. The normalized spacial score (nSPS) is 21.6. The summed E-state index contributed by atoms with van der Waals surface area (Å²) in [7, 11) is 0. The minimum absolute atomic E-state index is 0.175. The lowest BCUT2D eigenvalue weighted by atomic mass is 10.0. The van der Waals surface area contributed by atoms with Gasteiger partial charge < -0.3 is 14.8 Å². The van der Waals surface area contributed by atoms with E-state index in [1.165, 1.54) is 13.1 Å². The predicted molar refractivity (Wildman–Crippen MR) is 66.2 cm³/mol. The molecule has 0 saturated heterocycles. The van der Waals surface area contributed by atoms with Crippen molar-refractivity contribution in [1.29, 1.82) is 0 Å². The molecule has 0 fully saturated rings. The van der Waals surface area contributed by atoms with Crippen molar-refractivity contribution in [2.75, 3.05) is 11.9 Å². The Kier molecular flexibility index (Phi) is 3.25. The molecule has 1 aliphatic heterocycles. The second-order valence-electron chi connectivity index (χ2n) is 3.81. The van der Waals surface area contributed by atoms with E-state index in [0.717, 1.165) is 0 Å². The first-order valence-electron chi connectivity index (χ1n) is 5.30. The van der Waals surface area contributed by atoms with Gasteiger partial charge in [-0.05, 0) is 35.8 Å². The zero-order valence-electron chi connectivity index (χ0n) is 9.82. The summed E-state index contributed by atoms with van der Waals surface area (Å²) in [5.74, 6) is -0.721. The lowest BCUT2D eigenvalue weighted by Crippen LogP contribution is -2.55. The number of ether oxygens (including phenoxy) is 2. The monoisotopic (exact) mass is 314 g/mol. The Bertz CT molecular complexity index is 520. The van der Waals surface area contributed by atoms with Crippen molar-refractivity contribution < 1.29 is 19.1 Å². The highest BCUT2D eigenvalue weighted by atomic mass is 79.9. The summed E-state index contributed by atoms with van der Waals surface area (Å²) < 4.78 is 11.0. The van der Waals surface area contributed by atoms with Gasteiger partial charge in [-0.1, -0.05) is 0 Å². The summed E-state index contributed by atoms with van der Waals surface area (Å²) in [5, 5.41) is 2.52. The average molecular weight is 315 g/mol. The van der Waals surface area contributed by atoms with E-state index in [1.54, 1.807) is 13.0 Å². The maximum atomic E-state index is 11.9. The maximum absolute atomic E-state index is 11.9. The van der Waals surface area contributed by atoms with E-state index in [2.05, 4.69) is 26.2 Å². The Morgan fingerprint density at radius 2 is 2.39 bits per heavy atom. The van der Waals surface area contributed by atoms with Gasteiger partial charge in [0.1, 0.15) is 0 Å². The molecule has 0 saturated carbocycles. The number of nitrogens with zero attached hydrogens (tertiary/aromatic N) is 1. The van der Waals surface area contributed by atoms with E-state index in [4.69, 9.17) is 9.47 Å². The van der Waals surface area contributed by atoms with Crippen molar-refractivity contribution in [3.05, 3.63) is 16.7 Å². The van der Waals surface area contributed by atoms with E-state index < -0.39 is 17.5 Å². The van der Waals surface area contributed by atoms with Gasteiger partial charge in [-0.3, -0.25) is 4.79 Å². The molecular weight excluding hydrogens is 304 g/mol. The molecule has 96 valence electrons. The van der Waals surface area contributed by atoms with E-state index >= 15 is 0 Å². The lowest BCUT2D eigenvalue weighted by molar-refractivity contribution is -0.165. The highest BCUT2D eigenvalue weighted by Gasteiger charge is 2.49. The quantitative estimate of drug-likeness (QED) is 0.661. The molecule has 0 aromatic carbocycles. The van der Waals surface area contributed by atoms with Crippen LogP contribution in [0.3, 0.4) is 0 Å². The second kappa shape index (κ2) is 4.56. The van der Waals surface area contributed by atoms with Crippen molar-refractivity contribution in [3.63, 3.8) is 0 Å². The molecule has 0 radical (unpaired) electrons. The molecular formula is C11H11BrN2O4. The van der Waals surface area contributed by atoms with Crippen molar-refractivity contribution in [2.24, 2.45) is 0 Å².